The number of carboxylic acid groups (broad SMARTS) is 1. The summed E-state index contributed by atoms with van der Waals surface area (Å²) in [5.41, 5.74) is 0. The Labute approximate surface area is 47.1 Å². The van der Waals surface area contributed by atoms with Gasteiger partial charge in [0.05, 0.1) is 6.42 Å². The van der Waals surface area contributed by atoms with Gasteiger partial charge in [-0.05, 0) is 5.40 Å². The smallest absolute Gasteiger partial charge is 0.304 e. The zero-order valence-corrected chi connectivity index (χ0v) is 6.10. The summed E-state index contributed by atoms with van der Waals surface area (Å²) in [4.78, 5) is 9.78. The van der Waals surface area contributed by atoms with Crippen LogP contribution in [0.4, 0.5) is 0 Å². The van der Waals surface area contributed by atoms with Gasteiger partial charge in [0.2, 0.25) is 0 Å². The molecule has 0 saturated heterocycles. The lowest BCUT2D eigenvalue weighted by atomic mass is 10.5. The van der Waals surface area contributed by atoms with Crippen molar-refractivity contribution in [1.29, 1.82) is 0 Å². The summed E-state index contributed by atoms with van der Waals surface area (Å²) in [5, 5.41) is 8.17. The SMILES string of the molecule is O=C(O)CC(P)P. The van der Waals surface area contributed by atoms with Crippen molar-refractivity contribution >= 4 is 24.4 Å². The third kappa shape index (κ3) is 6.33. The average molecular weight is 138 g/mol. The first kappa shape index (κ1) is 7.33. The summed E-state index contributed by atoms with van der Waals surface area (Å²) in [6, 6.07) is 0. The molecule has 0 rings (SSSR count). The summed E-state index contributed by atoms with van der Waals surface area (Å²) in [5.74, 6) is -0.755. The Bertz CT molecular complexity index is 71.3. The molecule has 0 heterocycles. The number of hydrogen-bond donors (Lipinski definition) is 1. The van der Waals surface area contributed by atoms with Crippen LogP contribution in [-0.2, 0) is 4.79 Å². The standard InChI is InChI=1S/C3H8O2P2/c4-2(5)1-3(6)7/h3H,1,6-7H2,(H,4,5). The fraction of sp³-hybridized carbons (Fsp3) is 0.667. The third-order valence-corrected chi connectivity index (χ3v) is 0.882. The molecule has 0 spiro atoms. The molecule has 0 aromatic rings. The number of aliphatic carboxylic acids is 1. The summed E-state index contributed by atoms with van der Waals surface area (Å²) in [6.45, 7) is 0. The van der Waals surface area contributed by atoms with Crippen molar-refractivity contribution in [2.75, 3.05) is 0 Å². The topological polar surface area (TPSA) is 37.3 Å². The normalized spacial score (nSPS) is 9.57. The molecule has 2 atom stereocenters. The molecule has 0 radical (unpaired) electrons. The van der Waals surface area contributed by atoms with Gasteiger partial charge >= 0.3 is 5.97 Å². The van der Waals surface area contributed by atoms with Gasteiger partial charge in [0.15, 0.2) is 0 Å². The molecule has 0 saturated carbocycles. The first-order valence-electron chi connectivity index (χ1n) is 1.86. The predicted molar refractivity (Wildman–Crippen MR) is 35.5 cm³/mol. The van der Waals surface area contributed by atoms with Crippen LogP contribution in [0.15, 0.2) is 0 Å². The van der Waals surface area contributed by atoms with E-state index >= 15 is 0 Å². The molecule has 0 fully saturated rings. The highest BCUT2D eigenvalue weighted by atomic mass is 31.1. The van der Waals surface area contributed by atoms with Crippen molar-refractivity contribution in [3.63, 3.8) is 0 Å². The minimum absolute atomic E-state index is 0.109. The van der Waals surface area contributed by atoms with Crippen LogP contribution in [0.3, 0.4) is 0 Å². The fourth-order valence-corrected chi connectivity index (χ4v) is 0.605. The van der Waals surface area contributed by atoms with Crippen LogP contribution in [0.5, 0.6) is 0 Å². The van der Waals surface area contributed by atoms with Crippen molar-refractivity contribution < 1.29 is 9.90 Å². The summed E-state index contributed by atoms with van der Waals surface area (Å²) < 4.78 is 0. The maximum atomic E-state index is 9.78. The van der Waals surface area contributed by atoms with Crippen molar-refractivity contribution in [3.05, 3.63) is 0 Å². The molecule has 2 unspecified atom stereocenters. The van der Waals surface area contributed by atoms with Gasteiger partial charge in [0, 0.05) is 0 Å². The number of carboxylic acids is 1. The Balaban J connectivity index is 3.13. The first-order chi connectivity index (χ1) is 3.13. The Kier molecular flexibility index (Phi) is 3.50. The van der Waals surface area contributed by atoms with Crippen molar-refractivity contribution in [2.45, 2.75) is 11.8 Å². The van der Waals surface area contributed by atoms with E-state index in [1.54, 1.807) is 0 Å². The Hall–Kier alpha value is 0.330. The van der Waals surface area contributed by atoms with Crippen LogP contribution in [-0.4, -0.2) is 16.5 Å². The number of rotatable bonds is 2. The Morgan fingerprint density at radius 2 is 2.14 bits per heavy atom. The molecular weight excluding hydrogens is 130 g/mol. The van der Waals surface area contributed by atoms with Crippen LogP contribution < -0.4 is 0 Å². The summed E-state index contributed by atoms with van der Waals surface area (Å²) in [6.07, 6.45) is 0.204. The highest BCUT2D eigenvalue weighted by molar-refractivity contribution is 7.37. The second-order valence-corrected chi connectivity index (χ2v) is 3.74. The molecular formula is C3H8O2P2. The Morgan fingerprint density at radius 3 is 2.14 bits per heavy atom. The van der Waals surface area contributed by atoms with Crippen LogP contribution >= 0.6 is 18.5 Å². The van der Waals surface area contributed by atoms with E-state index in [2.05, 4.69) is 18.5 Å². The molecule has 0 aliphatic carbocycles. The lowest BCUT2D eigenvalue weighted by Crippen LogP contribution is -1.98. The van der Waals surface area contributed by atoms with Gasteiger partial charge in [-0.2, -0.15) is 0 Å². The van der Waals surface area contributed by atoms with E-state index in [1.807, 2.05) is 0 Å². The van der Waals surface area contributed by atoms with Crippen LogP contribution in [0.2, 0.25) is 0 Å². The third-order valence-electron chi connectivity index (χ3n) is 0.410. The van der Waals surface area contributed by atoms with Crippen LogP contribution in [0.1, 0.15) is 6.42 Å². The van der Waals surface area contributed by atoms with E-state index in [9.17, 15) is 4.79 Å². The maximum Gasteiger partial charge on any atom is 0.304 e. The lowest BCUT2D eigenvalue weighted by Gasteiger charge is -1.94. The van der Waals surface area contributed by atoms with E-state index < -0.39 is 5.97 Å². The zero-order chi connectivity index (χ0) is 5.86. The second kappa shape index (κ2) is 3.35. The molecule has 4 heteroatoms. The Morgan fingerprint density at radius 1 is 1.71 bits per heavy atom. The van der Waals surface area contributed by atoms with Gasteiger partial charge in [0.25, 0.3) is 0 Å². The molecule has 0 aromatic carbocycles. The quantitative estimate of drug-likeness (QED) is 0.565. The monoisotopic (exact) mass is 138 g/mol. The molecule has 1 N–H and O–H groups in total. The van der Waals surface area contributed by atoms with Crippen molar-refractivity contribution in [3.8, 4) is 0 Å². The van der Waals surface area contributed by atoms with E-state index in [-0.39, 0.29) is 11.8 Å². The summed E-state index contributed by atoms with van der Waals surface area (Å²) in [7, 11) is 4.77. The zero-order valence-electron chi connectivity index (χ0n) is 3.79. The van der Waals surface area contributed by atoms with Gasteiger partial charge in [-0.3, -0.25) is 4.79 Å². The highest BCUT2D eigenvalue weighted by Gasteiger charge is 1.98. The van der Waals surface area contributed by atoms with Gasteiger partial charge in [-0.1, -0.05) is 0 Å². The number of carbonyl (C=O) groups is 1. The van der Waals surface area contributed by atoms with Crippen LogP contribution in [0.25, 0.3) is 0 Å². The molecule has 42 valence electrons. The highest BCUT2D eigenvalue weighted by Crippen LogP contribution is 2.11. The van der Waals surface area contributed by atoms with Crippen molar-refractivity contribution in [1.82, 2.24) is 0 Å². The first-order valence-corrected chi connectivity index (χ1v) is 3.19. The fourth-order valence-electron chi connectivity index (χ4n) is 0.202. The van der Waals surface area contributed by atoms with Gasteiger partial charge in [0.1, 0.15) is 0 Å². The molecule has 0 amide bonds. The largest absolute Gasteiger partial charge is 0.481 e. The molecule has 0 aromatic heterocycles. The number of hydrogen-bond acceptors (Lipinski definition) is 1. The van der Waals surface area contributed by atoms with Gasteiger partial charge < -0.3 is 5.11 Å². The molecule has 2 nitrogen and oxygen atoms in total. The van der Waals surface area contributed by atoms with E-state index in [0.29, 0.717) is 0 Å². The van der Waals surface area contributed by atoms with E-state index in [4.69, 9.17) is 5.11 Å². The minimum Gasteiger partial charge on any atom is -0.481 e. The van der Waals surface area contributed by atoms with Gasteiger partial charge in [-0.15, -0.1) is 18.5 Å². The molecule has 0 aliphatic rings. The van der Waals surface area contributed by atoms with E-state index in [0.717, 1.165) is 0 Å². The van der Waals surface area contributed by atoms with E-state index in [1.165, 1.54) is 0 Å². The summed E-state index contributed by atoms with van der Waals surface area (Å²) >= 11 is 0. The minimum atomic E-state index is -0.755. The lowest BCUT2D eigenvalue weighted by molar-refractivity contribution is -0.136. The van der Waals surface area contributed by atoms with Gasteiger partial charge in [-0.25, -0.2) is 0 Å². The molecule has 0 bridgehead atoms. The van der Waals surface area contributed by atoms with Crippen LogP contribution in [0, 0.1) is 0 Å². The molecule has 0 aliphatic heterocycles. The van der Waals surface area contributed by atoms with Crippen molar-refractivity contribution in [2.24, 2.45) is 0 Å². The maximum absolute atomic E-state index is 9.78. The molecule has 7 heavy (non-hydrogen) atoms. The second-order valence-electron chi connectivity index (χ2n) is 1.26. The average Bonchev–Trinajstić information content (AvgIpc) is 1.27. The predicted octanol–water partition coefficient (Wildman–Crippen LogP) is 0.537.